The van der Waals surface area contributed by atoms with E-state index in [2.05, 4.69) is 34.3 Å². The highest BCUT2D eigenvalue weighted by molar-refractivity contribution is 7.80. The molecule has 2 rings (SSSR count). The van der Waals surface area contributed by atoms with E-state index in [-0.39, 0.29) is 0 Å². The van der Waals surface area contributed by atoms with Gasteiger partial charge in [-0.2, -0.15) is 12.6 Å². The lowest BCUT2D eigenvalue weighted by Crippen LogP contribution is -2.07. The van der Waals surface area contributed by atoms with Crippen LogP contribution in [0.25, 0.3) is 0 Å². The average molecular weight is 208 g/mol. The monoisotopic (exact) mass is 208 g/mol. The van der Waals surface area contributed by atoms with Crippen LogP contribution in [-0.4, -0.2) is 15.3 Å². The molecule has 1 aliphatic carbocycles. The molecule has 1 heterocycles. The molecule has 3 heteroatoms. The van der Waals surface area contributed by atoms with E-state index in [1.807, 2.05) is 6.33 Å². The Morgan fingerprint density at radius 1 is 1.36 bits per heavy atom. The Balaban J connectivity index is 2.10. The summed E-state index contributed by atoms with van der Waals surface area (Å²) in [7, 11) is 0. The quantitative estimate of drug-likeness (QED) is 0.596. The second-order valence-electron chi connectivity index (χ2n) is 3.65. The van der Waals surface area contributed by atoms with Crippen molar-refractivity contribution in [2.45, 2.75) is 32.2 Å². The molecule has 0 N–H and O–H groups in total. The molecule has 2 nitrogen and oxygen atoms in total. The van der Waals surface area contributed by atoms with Gasteiger partial charge in [0, 0.05) is 18.0 Å². The van der Waals surface area contributed by atoms with Gasteiger partial charge in [-0.1, -0.05) is 12.2 Å². The molecule has 0 saturated carbocycles. The van der Waals surface area contributed by atoms with Crippen LogP contribution >= 0.6 is 12.6 Å². The molecule has 1 aromatic rings. The summed E-state index contributed by atoms with van der Waals surface area (Å²) < 4.78 is 2.26. The summed E-state index contributed by atoms with van der Waals surface area (Å²) >= 11 is 4.14. The topological polar surface area (TPSA) is 17.8 Å². The fourth-order valence-electron chi connectivity index (χ4n) is 1.95. The van der Waals surface area contributed by atoms with Gasteiger partial charge in [0.05, 0.1) is 12.0 Å². The molecule has 0 radical (unpaired) electrons. The molecule has 76 valence electrons. The zero-order chi connectivity index (χ0) is 9.80. The van der Waals surface area contributed by atoms with E-state index >= 15 is 0 Å². The van der Waals surface area contributed by atoms with Crippen LogP contribution in [-0.2, 0) is 19.4 Å². The predicted molar refractivity (Wildman–Crippen MR) is 61.9 cm³/mol. The molecule has 0 unspecified atom stereocenters. The van der Waals surface area contributed by atoms with Gasteiger partial charge >= 0.3 is 0 Å². The van der Waals surface area contributed by atoms with E-state index in [1.165, 1.54) is 37.1 Å². The van der Waals surface area contributed by atoms with Gasteiger partial charge in [-0.25, -0.2) is 4.98 Å². The Kier molecular flexibility index (Phi) is 3.30. The summed E-state index contributed by atoms with van der Waals surface area (Å²) in [6.45, 7) is 0.947. The van der Waals surface area contributed by atoms with Gasteiger partial charge in [0.2, 0.25) is 0 Å². The number of hydrogen-bond donors (Lipinski definition) is 1. The van der Waals surface area contributed by atoms with Gasteiger partial charge in [0.25, 0.3) is 0 Å². The van der Waals surface area contributed by atoms with E-state index in [0.717, 1.165) is 12.3 Å². The first kappa shape index (κ1) is 9.84. The van der Waals surface area contributed by atoms with Crippen molar-refractivity contribution in [3.05, 3.63) is 29.9 Å². The van der Waals surface area contributed by atoms with Crippen LogP contribution in [0.2, 0.25) is 0 Å². The fourth-order valence-corrected chi connectivity index (χ4v) is 2.10. The standard InChI is InChI=1S/C11H16N2S/c14-8-4-3-7-13-9-12-10-5-1-2-6-11(10)13/h3-4,9,14H,1-2,5-8H2/b4-3+. The summed E-state index contributed by atoms with van der Waals surface area (Å²) in [6.07, 6.45) is 11.2. The highest BCUT2D eigenvalue weighted by atomic mass is 32.1. The Hall–Kier alpha value is -0.700. The highest BCUT2D eigenvalue weighted by Gasteiger charge is 2.13. The third-order valence-corrected chi connectivity index (χ3v) is 2.89. The van der Waals surface area contributed by atoms with E-state index < -0.39 is 0 Å². The molecule has 0 aliphatic heterocycles. The molecule has 0 saturated heterocycles. The minimum absolute atomic E-state index is 0.816. The Morgan fingerprint density at radius 3 is 3.07 bits per heavy atom. The molecule has 0 bridgehead atoms. The van der Waals surface area contributed by atoms with Crippen molar-refractivity contribution in [2.75, 3.05) is 5.75 Å². The van der Waals surface area contributed by atoms with Crippen molar-refractivity contribution in [1.82, 2.24) is 9.55 Å². The van der Waals surface area contributed by atoms with Crippen LogP contribution in [0.3, 0.4) is 0 Å². The van der Waals surface area contributed by atoms with Crippen LogP contribution < -0.4 is 0 Å². The van der Waals surface area contributed by atoms with Crippen molar-refractivity contribution in [3.63, 3.8) is 0 Å². The van der Waals surface area contributed by atoms with E-state index in [1.54, 1.807) is 0 Å². The minimum Gasteiger partial charge on any atom is -0.331 e. The van der Waals surface area contributed by atoms with Gasteiger partial charge < -0.3 is 4.57 Å². The molecule has 0 aromatic carbocycles. The first-order valence-electron chi connectivity index (χ1n) is 5.20. The lowest BCUT2D eigenvalue weighted by Gasteiger charge is -2.12. The third-order valence-electron chi connectivity index (χ3n) is 2.68. The van der Waals surface area contributed by atoms with E-state index in [0.29, 0.717) is 0 Å². The second kappa shape index (κ2) is 4.69. The minimum atomic E-state index is 0.816. The summed E-state index contributed by atoms with van der Waals surface area (Å²) in [5.74, 6) is 0.816. The number of thiol groups is 1. The van der Waals surface area contributed by atoms with Crippen molar-refractivity contribution in [3.8, 4) is 0 Å². The summed E-state index contributed by atoms with van der Waals surface area (Å²) in [5, 5.41) is 0. The first-order valence-corrected chi connectivity index (χ1v) is 5.84. The van der Waals surface area contributed by atoms with Gasteiger partial charge in [-0.15, -0.1) is 0 Å². The lowest BCUT2D eigenvalue weighted by atomic mass is 10.0. The third kappa shape index (κ3) is 2.03. The first-order chi connectivity index (χ1) is 6.92. The number of hydrogen-bond acceptors (Lipinski definition) is 2. The number of aromatic nitrogens is 2. The average Bonchev–Trinajstić information content (AvgIpc) is 2.63. The van der Waals surface area contributed by atoms with E-state index in [9.17, 15) is 0 Å². The Labute approximate surface area is 90.4 Å². The van der Waals surface area contributed by atoms with Crippen molar-refractivity contribution in [2.24, 2.45) is 0 Å². The van der Waals surface area contributed by atoms with Crippen LogP contribution in [0.15, 0.2) is 18.5 Å². The molecule has 0 atom stereocenters. The number of aryl methyl sites for hydroxylation is 1. The normalized spacial score (nSPS) is 16.1. The summed E-state index contributed by atoms with van der Waals surface area (Å²) in [6, 6.07) is 0. The van der Waals surface area contributed by atoms with Gasteiger partial charge in [-0.05, 0) is 25.7 Å². The molecule has 0 amide bonds. The predicted octanol–water partition coefficient (Wildman–Crippen LogP) is 2.25. The molecule has 1 aliphatic rings. The lowest BCUT2D eigenvalue weighted by molar-refractivity contribution is 0.632. The van der Waals surface area contributed by atoms with E-state index in [4.69, 9.17) is 0 Å². The molecule has 1 aromatic heterocycles. The number of fused-ring (bicyclic) bond motifs is 1. The number of rotatable bonds is 3. The molecular formula is C11H16N2S. The zero-order valence-corrected chi connectivity index (χ0v) is 9.21. The maximum atomic E-state index is 4.45. The second-order valence-corrected chi connectivity index (χ2v) is 4.02. The van der Waals surface area contributed by atoms with Gasteiger partial charge in [0.15, 0.2) is 0 Å². The largest absolute Gasteiger partial charge is 0.331 e. The van der Waals surface area contributed by atoms with Crippen LogP contribution in [0.5, 0.6) is 0 Å². The molecule has 0 spiro atoms. The van der Waals surface area contributed by atoms with Crippen LogP contribution in [0.4, 0.5) is 0 Å². The molecule has 14 heavy (non-hydrogen) atoms. The number of allylic oxidation sites excluding steroid dienone is 1. The van der Waals surface area contributed by atoms with Gasteiger partial charge in [0.1, 0.15) is 0 Å². The fraction of sp³-hybridized carbons (Fsp3) is 0.545. The number of imidazole rings is 1. The van der Waals surface area contributed by atoms with Crippen molar-refractivity contribution in [1.29, 1.82) is 0 Å². The van der Waals surface area contributed by atoms with Gasteiger partial charge in [-0.3, -0.25) is 0 Å². The Bertz CT molecular complexity index is 328. The maximum absolute atomic E-state index is 4.45. The maximum Gasteiger partial charge on any atom is 0.0954 e. The van der Waals surface area contributed by atoms with Crippen LogP contribution in [0, 0.1) is 0 Å². The van der Waals surface area contributed by atoms with Crippen molar-refractivity contribution >= 4 is 12.6 Å². The summed E-state index contributed by atoms with van der Waals surface area (Å²) in [4.78, 5) is 4.45. The SMILES string of the molecule is SC/C=C/Cn1cnc2c1CCCC2. The smallest absolute Gasteiger partial charge is 0.0954 e. The summed E-state index contributed by atoms with van der Waals surface area (Å²) in [5.41, 5.74) is 2.76. The van der Waals surface area contributed by atoms with Crippen molar-refractivity contribution < 1.29 is 0 Å². The highest BCUT2D eigenvalue weighted by Crippen LogP contribution is 2.19. The number of nitrogens with zero attached hydrogens (tertiary/aromatic N) is 2. The molecular weight excluding hydrogens is 192 g/mol. The Morgan fingerprint density at radius 2 is 2.21 bits per heavy atom. The molecule has 0 fully saturated rings. The zero-order valence-electron chi connectivity index (χ0n) is 8.32. The van der Waals surface area contributed by atoms with Crippen LogP contribution in [0.1, 0.15) is 24.2 Å².